The summed E-state index contributed by atoms with van der Waals surface area (Å²) in [4.78, 5) is 50.1. The molecule has 2 heterocycles. The lowest BCUT2D eigenvalue weighted by Crippen LogP contribution is -2.43. The zero-order valence-corrected chi connectivity index (χ0v) is 15.0. The third-order valence-corrected chi connectivity index (χ3v) is 3.52. The van der Waals surface area contributed by atoms with E-state index in [2.05, 4.69) is 15.8 Å². The molecular weight excluding hydrogens is 358 g/mol. The number of furan rings is 1. The molecule has 0 radical (unpaired) electrons. The molecule has 0 aromatic carbocycles. The quantitative estimate of drug-likeness (QED) is 0.504. The molecule has 0 aliphatic carbocycles. The molecule has 0 fully saturated rings. The molecule has 2 rings (SSSR count). The van der Waals surface area contributed by atoms with Gasteiger partial charge in [-0.05, 0) is 38.5 Å². The fraction of sp³-hybridized carbons (Fsp3) is 0.294. The minimum Gasteiger partial charge on any atom is -0.462 e. The van der Waals surface area contributed by atoms with Gasteiger partial charge in [-0.2, -0.15) is 0 Å². The van der Waals surface area contributed by atoms with Crippen LogP contribution in [0, 0.1) is 13.8 Å². The van der Waals surface area contributed by atoms with Crippen LogP contribution in [0.2, 0.25) is 0 Å². The van der Waals surface area contributed by atoms with E-state index in [1.54, 1.807) is 20.8 Å². The van der Waals surface area contributed by atoms with Gasteiger partial charge < -0.3 is 18.9 Å². The van der Waals surface area contributed by atoms with Crippen molar-refractivity contribution in [2.45, 2.75) is 20.8 Å². The molecule has 0 atom stereocenters. The molecule has 0 saturated carbocycles. The van der Waals surface area contributed by atoms with Crippen LogP contribution in [0.4, 0.5) is 0 Å². The molecule has 0 bridgehead atoms. The highest BCUT2D eigenvalue weighted by Crippen LogP contribution is 2.19. The third-order valence-electron chi connectivity index (χ3n) is 3.52. The topological polar surface area (TPSA) is 140 Å². The van der Waals surface area contributed by atoms with E-state index in [1.165, 1.54) is 18.4 Å². The predicted octanol–water partition coefficient (Wildman–Crippen LogP) is 1.02. The van der Waals surface area contributed by atoms with E-state index in [4.69, 9.17) is 13.9 Å². The zero-order chi connectivity index (χ0) is 20.0. The standard InChI is InChI=1S/C17H19N3O7/c1-4-25-16(23)13-9(2)14(18-10(13)3)17(24)27-8-12(21)19-20-15(22)11-6-5-7-26-11/h5-7,18H,4,8H2,1-3H3,(H,19,21)(H,20,22). The SMILES string of the molecule is CCOC(=O)c1c(C)[nH]c(C(=O)OCC(=O)NNC(=O)c2ccco2)c1C. The van der Waals surface area contributed by atoms with Gasteiger partial charge in [0.1, 0.15) is 5.69 Å². The highest BCUT2D eigenvalue weighted by molar-refractivity contribution is 5.99. The van der Waals surface area contributed by atoms with Gasteiger partial charge in [-0.25, -0.2) is 9.59 Å². The highest BCUT2D eigenvalue weighted by atomic mass is 16.5. The number of hydrogen-bond donors (Lipinski definition) is 3. The number of carbonyl (C=O) groups is 4. The molecule has 0 saturated heterocycles. The third kappa shape index (κ3) is 4.75. The smallest absolute Gasteiger partial charge is 0.355 e. The molecule has 27 heavy (non-hydrogen) atoms. The van der Waals surface area contributed by atoms with Gasteiger partial charge in [0.15, 0.2) is 12.4 Å². The second-order valence-corrected chi connectivity index (χ2v) is 5.40. The average molecular weight is 377 g/mol. The summed E-state index contributed by atoms with van der Waals surface area (Å²) in [6.07, 6.45) is 1.31. The van der Waals surface area contributed by atoms with Crippen LogP contribution >= 0.6 is 0 Å². The van der Waals surface area contributed by atoms with E-state index in [1.807, 2.05) is 0 Å². The Bertz CT molecular complexity index is 852. The summed E-state index contributed by atoms with van der Waals surface area (Å²) in [5.41, 5.74) is 5.30. The number of aryl methyl sites for hydroxylation is 1. The molecule has 3 N–H and O–H groups in total. The van der Waals surface area contributed by atoms with Crippen molar-refractivity contribution in [3.8, 4) is 0 Å². The van der Waals surface area contributed by atoms with E-state index in [0.717, 1.165) is 0 Å². The number of nitrogens with one attached hydrogen (secondary N) is 3. The second-order valence-electron chi connectivity index (χ2n) is 5.40. The van der Waals surface area contributed by atoms with Crippen LogP contribution in [0.1, 0.15) is 49.6 Å². The summed E-state index contributed by atoms with van der Waals surface area (Å²) in [6, 6.07) is 2.93. The summed E-state index contributed by atoms with van der Waals surface area (Å²) in [5.74, 6) is -2.78. The minimum absolute atomic E-state index is 0.0104. The Morgan fingerprint density at radius 1 is 1.11 bits per heavy atom. The fourth-order valence-corrected chi connectivity index (χ4v) is 2.30. The lowest BCUT2D eigenvalue weighted by molar-refractivity contribution is -0.125. The maximum atomic E-state index is 12.2. The first-order chi connectivity index (χ1) is 12.8. The summed E-state index contributed by atoms with van der Waals surface area (Å²) >= 11 is 0. The number of aromatic amines is 1. The number of ether oxygens (including phenoxy) is 2. The Kier molecular flexibility index (Phi) is 6.36. The summed E-state index contributed by atoms with van der Waals surface area (Å²) in [7, 11) is 0. The molecule has 2 aromatic rings. The normalized spacial score (nSPS) is 10.2. The lowest BCUT2D eigenvalue weighted by Gasteiger charge is -2.07. The first-order valence-electron chi connectivity index (χ1n) is 8.01. The van der Waals surface area contributed by atoms with Gasteiger partial charge in [0.05, 0.1) is 18.4 Å². The fourth-order valence-electron chi connectivity index (χ4n) is 2.30. The van der Waals surface area contributed by atoms with Crippen LogP contribution in [0.15, 0.2) is 22.8 Å². The van der Waals surface area contributed by atoms with Crippen LogP contribution < -0.4 is 10.9 Å². The first kappa shape index (κ1) is 19.8. The van der Waals surface area contributed by atoms with Crippen molar-refractivity contribution in [1.82, 2.24) is 15.8 Å². The van der Waals surface area contributed by atoms with E-state index in [0.29, 0.717) is 11.3 Å². The molecule has 144 valence electrons. The van der Waals surface area contributed by atoms with Gasteiger partial charge in [-0.15, -0.1) is 0 Å². The van der Waals surface area contributed by atoms with Crippen LogP contribution in [0.25, 0.3) is 0 Å². The van der Waals surface area contributed by atoms with E-state index in [9.17, 15) is 19.2 Å². The van der Waals surface area contributed by atoms with Crippen LogP contribution in [-0.2, 0) is 14.3 Å². The van der Waals surface area contributed by atoms with E-state index >= 15 is 0 Å². The van der Waals surface area contributed by atoms with Gasteiger partial charge in [0, 0.05) is 5.69 Å². The number of hydrazine groups is 1. The number of hydrogen-bond acceptors (Lipinski definition) is 7. The van der Waals surface area contributed by atoms with Gasteiger partial charge in [0.2, 0.25) is 0 Å². The van der Waals surface area contributed by atoms with Crippen LogP contribution in [0.3, 0.4) is 0 Å². The largest absolute Gasteiger partial charge is 0.462 e. The van der Waals surface area contributed by atoms with Crippen molar-refractivity contribution < 1.29 is 33.1 Å². The van der Waals surface area contributed by atoms with Crippen LogP contribution in [0.5, 0.6) is 0 Å². The number of rotatable bonds is 6. The van der Waals surface area contributed by atoms with Crippen molar-refractivity contribution in [1.29, 1.82) is 0 Å². The van der Waals surface area contributed by atoms with Crippen LogP contribution in [-0.4, -0.2) is 42.0 Å². The predicted molar refractivity (Wildman–Crippen MR) is 90.8 cm³/mol. The van der Waals surface area contributed by atoms with E-state index in [-0.39, 0.29) is 23.6 Å². The molecule has 0 aliphatic rings. The van der Waals surface area contributed by atoms with Crippen molar-refractivity contribution in [2.24, 2.45) is 0 Å². The molecule has 0 spiro atoms. The second kappa shape index (κ2) is 8.70. The van der Waals surface area contributed by atoms with Gasteiger partial charge in [-0.3, -0.25) is 20.4 Å². The number of amides is 2. The maximum Gasteiger partial charge on any atom is 0.355 e. The molecule has 10 heteroatoms. The van der Waals surface area contributed by atoms with Crippen molar-refractivity contribution in [2.75, 3.05) is 13.2 Å². The summed E-state index contributed by atoms with van der Waals surface area (Å²) in [5, 5.41) is 0. The summed E-state index contributed by atoms with van der Waals surface area (Å²) < 4.78 is 14.7. The Labute approximate surface area is 154 Å². The first-order valence-corrected chi connectivity index (χ1v) is 8.01. The molecule has 10 nitrogen and oxygen atoms in total. The Balaban J connectivity index is 1.90. The Hall–Kier alpha value is -3.56. The molecule has 0 aliphatic heterocycles. The van der Waals surface area contributed by atoms with E-state index < -0.39 is 30.4 Å². The van der Waals surface area contributed by atoms with Crippen molar-refractivity contribution in [3.05, 3.63) is 46.7 Å². The molecule has 2 aromatic heterocycles. The molecule has 0 unspecified atom stereocenters. The average Bonchev–Trinajstić information content (AvgIpc) is 3.26. The van der Waals surface area contributed by atoms with Gasteiger partial charge in [0.25, 0.3) is 5.91 Å². The summed E-state index contributed by atoms with van der Waals surface area (Å²) in [6.45, 7) is 4.42. The zero-order valence-electron chi connectivity index (χ0n) is 15.0. The molecule has 2 amide bonds. The van der Waals surface area contributed by atoms with Crippen molar-refractivity contribution in [3.63, 3.8) is 0 Å². The van der Waals surface area contributed by atoms with Gasteiger partial charge >= 0.3 is 17.8 Å². The number of esters is 2. The Morgan fingerprint density at radius 3 is 2.48 bits per heavy atom. The number of carbonyl (C=O) groups excluding carboxylic acids is 4. The number of aromatic nitrogens is 1. The maximum absolute atomic E-state index is 12.2. The number of H-pyrrole nitrogens is 1. The highest BCUT2D eigenvalue weighted by Gasteiger charge is 2.24. The Morgan fingerprint density at radius 2 is 1.85 bits per heavy atom. The van der Waals surface area contributed by atoms with Gasteiger partial charge in [-0.1, -0.05) is 0 Å². The lowest BCUT2D eigenvalue weighted by atomic mass is 10.1. The van der Waals surface area contributed by atoms with Crippen molar-refractivity contribution >= 4 is 23.8 Å². The minimum atomic E-state index is -0.821. The molecular formula is C17H19N3O7. The monoisotopic (exact) mass is 377 g/mol.